The Bertz CT molecular complexity index is 960. The first-order valence-electron chi connectivity index (χ1n) is 8.37. The molecule has 26 heavy (non-hydrogen) atoms. The van der Waals surface area contributed by atoms with Crippen LogP contribution in [0.15, 0.2) is 54.9 Å². The standard InChI is InChI=1S/C20H20N4O2/c1-13-4-6-14(7-5-13)17-11-18(24-20(23-17)21-12-22-24)16-9-8-15(25-2)10-19(16)26-3/h4-12,18H,1-3H3,(H,21,22,23). The summed E-state index contributed by atoms with van der Waals surface area (Å²) in [6, 6.07) is 14.1. The van der Waals surface area contributed by atoms with Crippen molar-refractivity contribution in [1.29, 1.82) is 0 Å². The third-order valence-electron chi connectivity index (χ3n) is 4.53. The molecule has 2 aromatic carbocycles. The summed E-state index contributed by atoms with van der Waals surface area (Å²) < 4.78 is 12.8. The molecule has 6 heteroatoms. The average Bonchev–Trinajstić information content (AvgIpc) is 3.16. The summed E-state index contributed by atoms with van der Waals surface area (Å²) in [4.78, 5) is 4.35. The number of anilines is 1. The number of ether oxygens (including phenoxy) is 2. The molecule has 0 bridgehead atoms. The second kappa shape index (κ2) is 6.55. The van der Waals surface area contributed by atoms with Crippen molar-refractivity contribution < 1.29 is 9.47 Å². The van der Waals surface area contributed by atoms with Gasteiger partial charge in [-0.3, -0.25) is 0 Å². The van der Waals surface area contributed by atoms with Gasteiger partial charge in [-0.25, -0.2) is 4.68 Å². The van der Waals surface area contributed by atoms with Gasteiger partial charge in [0.05, 0.1) is 14.2 Å². The summed E-state index contributed by atoms with van der Waals surface area (Å²) in [5, 5.41) is 7.74. The van der Waals surface area contributed by atoms with E-state index in [9.17, 15) is 0 Å². The number of benzene rings is 2. The van der Waals surface area contributed by atoms with Gasteiger partial charge >= 0.3 is 0 Å². The van der Waals surface area contributed by atoms with Crippen molar-refractivity contribution in [3.8, 4) is 11.5 Å². The monoisotopic (exact) mass is 348 g/mol. The Labute approximate surface area is 152 Å². The van der Waals surface area contributed by atoms with E-state index in [1.165, 1.54) is 5.56 Å². The number of aryl methyl sites for hydroxylation is 1. The number of rotatable bonds is 4. The summed E-state index contributed by atoms with van der Waals surface area (Å²) in [5.74, 6) is 2.20. The minimum Gasteiger partial charge on any atom is -0.497 e. The summed E-state index contributed by atoms with van der Waals surface area (Å²) in [6.45, 7) is 2.08. The van der Waals surface area contributed by atoms with E-state index in [0.29, 0.717) is 5.95 Å². The summed E-state index contributed by atoms with van der Waals surface area (Å²) in [7, 11) is 3.30. The highest BCUT2D eigenvalue weighted by Gasteiger charge is 2.26. The Morgan fingerprint density at radius 2 is 1.85 bits per heavy atom. The minimum atomic E-state index is -0.133. The van der Waals surface area contributed by atoms with Gasteiger partial charge in [0.25, 0.3) is 0 Å². The van der Waals surface area contributed by atoms with Gasteiger partial charge in [-0.15, -0.1) is 0 Å². The van der Waals surface area contributed by atoms with Crippen LogP contribution in [0.1, 0.15) is 22.7 Å². The van der Waals surface area contributed by atoms with E-state index in [0.717, 1.165) is 28.3 Å². The summed E-state index contributed by atoms with van der Waals surface area (Å²) >= 11 is 0. The Balaban J connectivity index is 1.82. The first-order valence-corrected chi connectivity index (χ1v) is 8.37. The molecule has 0 saturated carbocycles. The van der Waals surface area contributed by atoms with E-state index < -0.39 is 0 Å². The van der Waals surface area contributed by atoms with E-state index >= 15 is 0 Å². The topological polar surface area (TPSA) is 61.2 Å². The number of hydrogen-bond acceptors (Lipinski definition) is 5. The molecule has 2 heterocycles. The van der Waals surface area contributed by atoms with Crippen LogP contribution in [-0.2, 0) is 0 Å². The summed E-state index contributed by atoms with van der Waals surface area (Å²) in [6.07, 6.45) is 3.69. The molecule has 1 atom stereocenters. The van der Waals surface area contributed by atoms with Gasteiger partial charge in [0.15, 0.2) is 0 Å². The van der Waals surface area contributed by atoms with Crippen molar-refractivity contribution in [3.05, 3.63) is 71.6 Å². The number of aromatic nitrogens is 3. The molecule has 0 fully saturated rings. The fourth-order valence-corrected chi connectivity index (χ4v) is 3.12. The van der Waals surface area contributed by atoms with Crippen LogP contribution in [0.4, 0.5) is 5.95 Å². The Hall–Kier alpha value is -3.28. The molecule has 132 valence electrons. The van der Waals surface area contributed by atoms with Gasteiger partial charge in [0.2, 0.25) is 5.95 Å². The van der Waals surface area contributed by atoms with Gasteiger partial charge in [-0.2, -0.15) is 10.1 Å². The van der Waals surface area contributed by atoms with E-state index in [-0.39, 0.29) is 6.04 Å². The molecule has 1 aliphatic heterocycles. The molecule has 0 saturated heterocycles. The molecule has 4 rings (SSSR count). The van der Waals surface area contributed by atoms with Crippen LogP contribution in [0.2, 0.25) is 0 Å². The van der Waals surface area contributed by atoms with Crippen LogP contribution >= 0.6 is 0 Å². The molecule has 0 radical (unpaired) electrons. The van der Waals surface area contributed by atoms with Crippen molar-refractivity contribution in [2.45, 2.75) is 13.0 Å². The van der Waals surface area contributed by atoms with Crippen LogP contribution in [0.25, 0.3) is 5.70 Å². The number of nitrogens with zero attached hydrogens (tertiary/aromatic N) is 3. The Morgan fingerprint density at radius 1 is 1.04 bits per heavy atom. The first-order chi connectivity index (χ1) is 12.7. The van der Waals surface area contributed by atoms with Crippen molar-refractivity contribution in [1.82, 2.24) is 14.8 Å². The Kier molecular flexibility index (Phi) is 4.08. The lowest BCUT2D eigenvalue weighted by molar-refractivity contribution is 0.387. The fraction of sp³-hybridized carbons (Fsp3) is 0.200. The van der Waals surface area contributed by atoms with Crippen LogP contribution < -0.4 is 14.8 Å². The maximum absolute atomic E-state index is 5.60. The lowest BCUT2D eigenvalue weighted by Gasteiger charge is -2.25. The van der Waals surface area contributed by atoms with E-state index in [1.807, 2.05) is 22.9 Å². The number of hydrogen-bond donors (Lipinski definition) is 1. The maximum Gasteiger partial charge on any atom is 0.226 e. The molecule has 6 nitrogen and oxygen atoms in total. The number of allylic oxidation sites excluding steroid dienone is 1. The van der Waals surface area contributed by atoms with E-state index in [4.69, 9.17) is 9.47 Å². The highest BCUT2D eigenvalue weighted by atomic mass is 16.5. The van der Waals surface area contributed by atoms with Gasteiger partial charge < -0.3 is 14.8 Å². The van der Waals surface area contributed by atoms with E-state index in [1.54, 1.807) is 20.5 Å². The highest BCUT2D eigenvalue weighted by molar-refractivity contribution is 5.77. The zero-order valence-electron chi connectivity index (χ0n) is 14.9. The van der Waals surface area contributed by atoms with Crippen molar-refractivity contribution >= 4 is 11.6 Å². The molecule has 0 aliphatic carbocycles. The second-order valence-electron chi connectivity index (χ2n) is 6.15. The van der Waals surface area contributed by atoms with Crippen LogP contribution in [0.3, 0.4) is 0 Å². The van der Waals surface area contributed by atoms with Gasteiger partial charge in [0, 0.05) is 17.3 Å². The van der Waals surface area contributed by atoms with Gasteiger partial charge in [-0.1, -0.05) is 29.8 Å². The zero-order chi connectivity index (χ0) is 18.1. The number of methoxy groups -OCH3 is 2. The minimum absolute atomic E-state index is 0.133. The van der Waals surface area contributed by atoms with Crippen molar-refractivity contribution in [2.75, 3.05) is 19.5 Å². The van der Waals surface area contributed by atoms with Crippen LogP contribution in [0.5, 0.6) is 11.5 Å². The maximum atomic E-state index is 5.60. The summed E-state index contributed by atoms with van der Waals surface area (Å²) in [5.41, 5.74) is 4.31. The lowest BCUT2D eigenvalue weighted by atomic mass is 10.00. The largest absolute Gasteiger partial charge is 0.497 e. The molecule has 3 aromatic rings. The normalized spacial score (nSPS) is 15.7. The number of fused-ring (bicyclic) bond motifs is 1. The van der Waals surface area contributed by atoms with Crippen LogP contribution in [-0.4, -0.2) is 29.0 Å². The molecule has 1 aliphatic rings. The third kappa shape index (κ3) is 2.79. The smallest absolute Gasteiger partial charge is 0.226 e. The van der Waals surface area contributed by atoms with Gasteiger partial charge in [0.1, 0.15) is 23.9 Å². The molecule has 0 spiro atoms. The van der Waals surface area contributed by atoms with Crippen molar-refractivity contribution in [3.63, 3.8) is 0 Å². The Morgan fingerprint density at radius 3 is 2.58 bits per heavy atom. The predicted molar refractivity (Wildman–Crippen MR) is 100 cm³/mol. The molecule has 1 N–H and O–H groups in total. The quantitative estimate of drug-likeness (QED) is 0.780. The SMILES string of the molecule is COc1ccc(C2C=C(c3ccc(C)cc3)Nc3ncnn32)c(OC)c1. The molecule has 1 unspecified atom stereocenters. The first kappa shape index (κ1) is 16.2. The van der Waals surface area contributed by atoms with Crippen molar-refractivity contribution in [2.24, 2.45) is 0 Å². The second-order valence-corrected chi connectivity index (χ2v) is 6.15. The lowest BCUT2D eigenvalue weighted by Crippen LogP contribution is -2.20. The fourth-order valence-electron chi connectivity index (χ4n) is 3.12. The highest BCUT2D eigenvalue weighted by Crippen LogP contribution is 2.37. The van der Waals surface area contributed by atoms with Crippen LogP contribution in [0, 0.1) is 6.92 Å². The third-order valence-corrected chi connectivity index (χ3v) is 4.53. The number of nitrogens with one attached hydrogen (secondary N) is 1. The predicted octanol–water partition coefficient (Wildman–Crippen LogP) is 3.66. The molecule has 1 aromatic heterocycles. The molecular formula is C20H20N4O2. The molecule has 0 amide bonds. The average molecular weight is 348 g/mol. The zero-order valence-corrected chi connectivity index (χ0v) is 14.9. The van der Waals surface area contributed by atoms with E-state index in [2.05, 4.69) is 52.7 Å². The van der Waals surface area contributed by atoms with Gasteiger partial charge in [-0.05, 0) is 30.7 Å². The molecular weight excluding hydrogens is 328 g/mol.